The van der Waals surface area contributed by atoms with Crippen LogP contribution in [0.5, 0.6) is 0 Å². The number of amides is 1. The minimum absolute atomic E-state index is 0.0436. The van der Waals surface area contributed by atoms with Gasteiger partial charge in [-0.25, -0.2) is 4.98 Å². The molecule has 1 unspecified atom stereocenters. The average Bonchev–Trinajstić information content (AvgIpc) is 3.15. The number of carbonyl (C=O) groups excluding carboxylic acids is 1. The molecular formula is C21H26N2O3S. The molecule has 2 heterocycles. The first-order valence-corrected chi connectivity index (χ1v) is 10.5. The van der Waals surface area contributed by atoms with Crippen LogP contribution in [0.3, 0.4) is 0 Å². The van der Waals surface area contributed by atoms with Gasteiger partial charge in [0.25, 0.3) is 0 Å². The van der Waals surface area contributed by atoms with E-state index in [9.17, 15) is 9.59 Å². The quantitative estimate of drug-likeness (QED) is 0.776. The van der Waals surface area contributed by atoms with Crippen LogP contribution in [0.25, 0.3) is 10.6 Å². The van der Waals surface area contributed by atoms with E-state index in [1.54, 1.807) is 11.3 Å². The number of carboxylic acids is 1. The molecular weight excluding hydrogens is 360 g/mol. The molecule has 144 valence electrons. The van der Waals surface area contributed by atoms with Gasteiger partial charge in [0, 0.05) is 30.0 Å². The van der Waals surface area contributed by atoms with Gasteiger partial charge in [-0.2, -0.15) is 0 Å². The second-order valence-electron chi connectivity index (χ2n) is 7.04. The van der Waals surface area contributed by atoms with Crippen LogP contribution in [0, 0.1) is 0 Å². The van der Waals surface area contributed by atoms with Crippen molar-refractivity contribution in [3.05, 3.63) is 40.9 Å². The van der Waals surface area contributed by atoms with E-state index < -0.39 is 5.97 Å². The summed E-state index contributed by atoms with van der Waals surface area (Å²) in [7, 11) is 0. The van der Waals surface area contributed by atoms with Crippen molar-refractivity contribution in [1.82, 2.24) is 9.88 Å². The molecule has 1 aliphatic heterocycles. The first-order valence-electron chi connectivity index (χ1n) is 9.61. The number of aliphatic carboxylic acids is 1. The Labute approximate surface area is 164 Å². The Balaban J connectivity index is 1.64. The van der Waals surface area contributed by atoms with Gasteiger partial charge in [-0.05, 0) is 37.7 Å². The van der Waals surface area contributed by atoms with Crippen molar-refractivity contribution in [2.45, 2.75) is 57.9 Å². The van der Waals surface area contributed by atoms with Crippen LogP contribution in [0.2, 0.25) is 0 Å². The summed E-state index contributed by atoms with van der Waals surface area (Å²) in [5, 5.41) is 11.8. The van der Waals surface area contributed by atoms with Crippen molar-refractivity contribution in [2.24, 2.45) is 0 Å². The van der Waals surface area contributed by atoms with Crippen LogP contribution in [0.1, 0.15) is 50.3 Å². The third-order valence-electron chi connectivity index (χ3n) is 5.13. The van der Waals surface area contributed by atoms with Crippen LogP contribution >= 0.6 is 11.3 Å². The lowest BCUT2D eigenvalue weighted by Gasteiger charge is -2.35. The summed E-state index contributed by atoms with van der Waals surface area (Å²) < 4.78 is 0. The molecule has 0 bridgehead atoms. The molecule has 5 nitrogen and oxygen atoms in total. The molecule has 1 N–H and O–H groups in total. The molecule has 0 aliphatic carbocycles. The normalized spacial score (nSPS) is 17.1. The number of carbonyl (C=O) groups is 2. The van der Waals surface area contributed by atoms with Gasteiger partial charge >= 0.3 is 5.97 Å². The molecule has 0 spiro atoms. The fourth-order valence-corrected chi connectivity index (χ4v) is 4.41. The van der Waals surface area contributed by atoms with E-state index >= 15 is 0 Å². The molecule has 6 heteroatoms. The smallest absolute Gasteiger partial charge is 0.303 e. The maximum absolute atomic E-state index is 12.8. The van der Waals surface area contributed by atoms with Crippen molar-refractivity contribution in [3.63, 3.8) is 0 Å². The Morgan fingerprint density at radius 1 is 1.26 bits per heavy atom. The predicted octanol–water partition coefficient (Wildman–Crippen LogP) is 4.16. The van der Waals surface area contributed by atoms with E-state index in [-0.39, 0.29) is 24.8 Å². The second kappa shape index (κ2) is 9.13. The molecule has 3 rings (SSSR count). The number of nitrogens with zero attached hydrogens (tertiary/aromatic N) is 2. The highest BCUT2D eigenvalue weighted by molar-refractivity contribution is 7.13. The first kappa shape index (κ1) is 19.5. The molecule has 1 saturated heterocycles. The van der Waals surface area contributed by atoms with E-state index in [0.29, 0.717) is 6.42 Å². The Kier molecular flexibility index (Phi) is 6.61. The zero-order chi connectivity index (χ0) is 19.2. The Hall–Kier alpha value is -2.21. The zero-order valence-electron chi connectivity index (χ0n) is 15.7. The minimum Gasteiger partial charge on any atom is -0.481 e. The largest absolute Gasteiger partial charge is 0.481 e. The number of aromatic nitrogens is 1. The van der Waals surface area contributed by atoms with E-state index in [4.69, 9.17) is 5.11 Å². The van der Waals surface area contributed by atoms with Crippen LogP contribution in [0.4, 0.5) is 0 Å². The molecule has 0 radical (unpaired) electrons. The number of hydrogen-bond donors (Lipinski definition) is 1. The SMILES string of the molecule is CCc1ccc(-c2nc(CC(=O)N3CCCCC3CCC(=O)O)cs2)cc1. The predicted molar refractivity (Wildman–Crippen MR) is 107 cm³/mol. The lowest BCUT2D eigenvalue weighted by atomic mass is 9.97. The van der Waals surface area contributed by atoms with Gasteiger partial charge in [0.2, 0.25) is 5.91 Å². The van der Waals surface area contributed by atoms with Crippen molar-refractivity contribution in [1.29, 1.82) is 0 Å². The molecule has 0 saturated carbocycles. The van der Waals surface area contributed by atoms with Gasteiger partial charge in [-0.15, -0.1) is 11.3 Å². The topological polar surface area (TPSA) is 70.5 Å². The molecule has 2 aromatic rings. The van der Waals surface area contributed by atoms with Gasteiger partial charge in [0.05, 0.1) is 12.1 Å². The van der Waals surface area contributed by atoms with Crippen molar-refractivity contribution >= 4 is 23.2 Å². The zero-order valence-corrected chi connectivity index (χ0v) is 16.5. The summed E-state index contributed by atoms with van der Waals surface area (Å²) in [4.78, 5) is 30.2. The molecule has 1 amide bonds. The minimum atomic E-state index is -0.800. The Bertz CT molecular complexity index is 785. The van der Waals surface area contributed by atoms with E-state index in [1.165, 1.54) is 5.56 Å². The molecule has 1 aliphatic rings. The highest BCUT2D eigenvalue weighted by atomic mass is 32.1. The second-order valence-corrected chi connectivity index (χ2v) is 7.90. The number of likely N-dealkylation sites (tertiary alicyclic amines) is 1. The molecule has 1 fully saturated rings. The van der Waals surface area contributed by atoms with Crippen molar-refractivity contribution in [3.8, 4) is 10.6 Å². The van der Waals surface area contributed by atoms with E-state index in [1.807, 2.05) is 10.3 Å². The van der Waals surface area contributed by atoms with Crippen LogP contribution < -0.4 is 0 Å². The molecule has 1 atom stereocenters. The molecule has 27 heavy (non-hydrogen) atoms. The fourth-order valence-electron chi connectivity index (χ4n) is 3.58. The van der Waals surface area contributed by atoms with Crippen LogP contribution in [-0.2, 0) is 22.4 Å². The fraction of sp³-hybridized carbons (Fsp3) is 0.476. The van der Waals surface area contributed by atoms with Crippen molar-refractivity contribution < 1.29 is 14.7 Å². The Morgan fingerprint density at radius 2 is 2.04 bits per heavy atom. The summed E-state index contributed by atoms with van der Waals surface area (Å²) in [6.07, 6.45) is 4.88. The van der Waals surface area contributed by atoms with E-state index in [0.717, 1.165) is 48.5 Å². The maximum Gasteiger partial charge on any atom is 0.303 e. The number of aryl methyl sites for hydroxylation is 1. The number of piperidine rings is 1. The van der Waals surface area contributed by atoms with Gasteiger partial charge in [-0.3, -0.25) is 9.59 Å². The highest BCUT2D eigenvalue weighted by Gasteiger charge is 2.27. The molecule has 1 aromatic heterocycles. The number of rotatable bonds is 7. The summed E-state index contributed by atoms with van der Waals surface area (Å²) >= 11 is 1.56. The van der Waals surface area contributed by atoms with Crippen LogP contribution in [0.15, 0.2) is 29.6 Å². The van der Waals surface area contributed by atoms with Crippen molar-refractivity contribution in [2.75, 3.05) is 6.54 Å². The number of benzene rings is 1. The highest BCUT2D eigenvalue weighted by Crippen LogP contribution is 2.26. The van der Waals surface area contributed by atoms with Gasteiger partial charge in [-0.1, -0.05) is 31.2 Å². The number of hydrogen-bond acceptors (Lipinski definition) is 4. The van der Waals surface area contributed by atoms with Gasteiger partial charge < -0.3 is 10.0 Å². The lowest BCUT2D eigenvalue weighted by molar-refractivity contribution is -0.139. The Morgan fingerprint density at radius 3 is 2.74 bits per heavy atom. The average molecular weight is 387 g/mol. The lowest BCUT2D eigenvalue weighted by Crippen LogP contribution is -2.44. The number of carboxylic acid groups (broad SMARTS) is 1. The van der Waals surface area contributed by atoms with Gasteiger partial charge in [0.1, 0.15) is 5.01 Å². The maximum atomic E-state index is 12.8. The summed E-state index contributed by atoms with van der Waals surface area (Å²) in [5.41, 5.74) is 3.17. The monoisotopic (exact) mass is 386 g/mol. The van der Waals surface area contributed by atoms with Crippen LogP contribution in [-0.4, -0.2) is 39.5 Å². The summed E-state index contributed by atoms with van der Waals surface area (Å²) in [6.45, 7) is 2.85. The third kappa shape index (κ3) is 5.16. The molecule has 1 aromatic carbocycles. The first-order chi connectivity index (χ1) is 13.1. The number of thiazole rings is 1. The van der Waals surface area contributed by atoms with E-state index in [2.05, 4.69) is 36.2 Å². The third-order valence-corrected chi connectivity index (χ3v) is 6.07. The summed E-state index contributed by atoms with van der Waals surface area (Å²) in [5.74, 6) is -0.741. The summed E-state index contributed by atoms with van der Waals surface area (Å²) in [6, 6.07) is 8.43. The standard InChI is InChI=1S/C21H26N2O3S/c1-2-15-6-8-16(9-7-15)21-22-17(14-27-21)13-19(24)23-12-4-3-5-18(23)10-11-20(25)26/h6-9,14,18H,2-5,10-13H2,1H3,(H,25,26). The van der Waals surface area contributed by atoms with Gasteiger partial charge in [0.15, 0.2) is 0 Å².